The summed E-state index contributed by atoms with van der Waals surface area (Å²) in [5, 5.41) is 5.12. The zero-order chi connectivity index (χ0) is 31.8. The predicted octanol–water partition coefficient (Wildman–Crippen LogP) is 6.59. The van der Waals surface area contributed by atoms with Gasteiger partial charge in [-0.2, -0.15) is 0 Å². The molecule has 9 nitrogen and oxygen atoms in total. The molecule has 1 saturated heterocycles. The van der Waals surface area contributed by atoms with Crippen molar-refractivity contribution in [1.82, 2.24) is 10.2 Å². The quantitative estimate of drug-likeness (QED) is 0.206. The van der Waals surface area contributed by atoms with E-state index >= 15 is 0 Å². The van der Waals surface area contributed by atoms with E-state index in [4.69, 9.17) is 9.47 Å². The number of nitrogens with zero attached hydrogens (tertiary/aromatic N) is 2. The van der Waals surface area contributed by atoms with E-state index in [2.05, 4.69) is 15.6 Å². The standard InChI is InChI=1S/C34H31FN4O5S/c1-22(36-34(42)44-21-23-8-4-3-5-9-23)31(40)37-27-16-14-25(15-17-27)30-32(41)39(20-24-10-6-13-29(18-24)43-2)33(45-30)38-28-12-7-11-26(35)19-28/h3-19,22,30H,20-21H2,1-2H3,(H,36,42)(H,37,40)/b38-33-/t22-,30?/m0/s1. The summed E-state index contributed by atoms with van der Waals surface area (Å²) in [7, 11) is 1.58. The molecule has 1 aliphatic rings. The number of amidine groups is 1. The Kier molecular flexibility index (Phi) is 10.1. The van der Waals surface area contributed by atoms with Crippen molar-refractivity contribution < 1.29 is 28.2 Å². The third-order valence-electron chi connectivity index (χ3n) is 6.87. The van der Waals surface area contributed by atoms with E-state index in [0.717, 1.165) is 11.1 Å². The van der Waals surface area contributed by atoms with Gasteiger partial charge >= 0.3 is 6.09 Å². The zero-order valence-corrected chi connectivity index (χ0v) is 25.4. The first-order valence-corrected chi connectivity index (χ1v) is 15.0. The molecule has 3 amide bonds. The number of aliphatic imine (C=N–C) groups is 1. The van der Waals surface area contributed by atoms with Gasteiger partial charge in [-0.05, 0) is 66.1 Å². The van der Waals surface area contributed by atoms with Crippen LogP contribution in [-0.2, 0) is 27.5 Å². The third-order valence-corrected chi connectivity index (χ3v) is 8.11. The Balaban J connectivity index is 1.25. The number of anilines is 1. The van der Waals surface area contributed by atoms with Gasteiger partial charge in [0.2, 0.25) is 11.8 Å². The summed E-state index contributed by atoms with van der Waals surface area (Å²) >= 11 is 1.27. The Morgan fingerprint density at radius 3 is 2.42 bits per heavy atom. The molecule has 0 aliphatic carbocycles. The van der Waals surface area contributed by atoms with Crippen molar-refractivity contribution in [3.05, 3.63) is 126 Å². The molecule has 45 heavy (non-hydrogen) atoms. The van der Waals surface area contributed by atoms with Gasteiger partial charge in [-0.3, -0.25) is 14.5 Å². The number of benzene rings is 4. The molecule has 0 bridgehead atoms. The lowest BCUT2D eigenvalue weighted by Gasteiger charge is -2.17. The fourth-order valence-electron chi connectivity index (χ4n) is 4.51. The van der Waals surface area contributed by atoms with Crippen molar-refractivity contribution in [1.29, 1.82) is 0 Å². The minimum absolute atomic E-state index is 0.0893. The van der Waals surface area contributed by atoms with Gasteiger partial charge in [0.25, 0.3) is 0 Å². The molecule has 4 aromatic carbocycles. The molecule has 0 aromatic heterocycles. The van der Waals surface area contributed by atoms with Gasteiger partial charge in [0.1, 0.15) is 29.5 Å². The number of carbonyl (C=O) groups excluding carboxylic acids is 3. The molecule has 1 heterocycles. The Hall–Kier alpha value is -5.16. The smallest absolute Gasteiger partial charge is 0.408 e. The van der Waals surface area contributed by atoms with Crippen LogP contribution in [0.2, 0.25) is 0 Å². The molecule has 0 saturated carbocycles. The van der Waals surface area contributed by atoms with Crippen molar-refractivity contribution in [3.8, 4) is 5.75 Å². The maximum absolute atomic E-state index is 13.9. The number of ether oxygens (including phenoxy) is 2. The number of rotatable bonds is 10. The van der Waals surface area contributed by atoms with Gasteiger partial charge in [0, 0.05) is 5.69 Å². The summed E-state index contributed by atoms with van der Waals surface area (Å²) in [4.78, 5) is 44.8. The Bertz CT molecular complexity index is 1700. The normalized spacial score (nSPS) is 15.9. The maximum atomic E-state index is 13.9. The van der Waals surface area contributed by atoms with Gasteiger partial charge in [-0.1, -0.05) is 72.4 Å². The summed E-state index contributed by atoms with van der Waals surface area (Å²) in [5.41, 5.74) is 3.28. The van der Waals surface area contributed by atoms with Crippen LogP contribution in [0.15, 0.2) is 108 Å². The molecule has 0 radical (unpaired) electrons. The fourth-order valence-corrected chi connectivity index (χ4v) is 5.68. The highest BCUT2D eigenvalue weighted by Gasteiger charge is 2.39. The Labute approximate surface area is 264 Å². The number of thioether (sulfide) groups is 1. The van der Waals surface area contributed by atoms with E-state index < -0.39 is 29.1 Å². The molecule has 11 heteroatoms. The summed E-state index contributed by atoms with van der Waals surface area (Å²) in [6.45, 7) is 1.89. The van der Waals surface area contributed by atoms with Gasteiger partial charge < -0.3 is 20.1 Å². The molecular weight excluding hydrogens is 595 g/mol. The second-order valence-corrected chi connectivity index (χ2v) is 11.3. The van der Waals surface area contributed by atoms with E-state index in [1.807, 2.05) is 54.6 Å². The minimum atomic E-state index is -0.855. The number of nitrogens with one attached hydrogen (secondary N) is 2. The zero-order valence-electron chi connectivity index (χ0n) is 24.6. The van der Waals surface area contributed by atoms with Gasteiger partial charge in [0.05, 0.1) is 19.3 Å². The lowest BCUT2D eigenvalue weighted by Crippen LogP contribution is -2.41. The summed E-state index contributed by atoms with van der Waals surface area (Å²) in [6.07, 6.45) is -0.706. The number of methoxy groups -OCH3 is 1. The van der Waals surface area contributed by atoms with Gasteiger partial charge in [-0.25, -0.2) is 14.2 Å². The predicted molar refractivity (Wildman–Crippen MR) is 172 cm³/mol. The summed E-state index contributed by atoms with van der Waals surface area (Å²) in [6, 6.07) is 28.6. The Morgan fingerprint density at radius 1 is 0.956 bits per heavy atom. The highest BCUT2D eigenvalue weighted by Crippen LogP contribution is 2.41. The fraction of sp³-hybridized carbons (Fsp3) is 0.176. The van der Waals surface area contributed by atoms with Crippen molar-refractivity contribution in [3.63, 3.8) is 0 Å². The van der Waals surface area contributed by atoms with Crippen LogP contribution < -0.4 is 15.4 Å². The van der Waals surface area contributed by atoms with Crippen LogP contribution in [0.5, 0.6) is 5.75 Å². The molecule has 1 fully saturated rings. The van der Waals surface area contributed by atoms with Gasteiger partial charge in [-0.15, -0.1) is 0 Å². The van der Waals surface area contributed by atoms with Crippen molar-refractivity contribution in [2.45, 2.75) is 31.4 Å². The molecule has 2 N–H and O–H groups in total. The number of carbonyl (C=O) groups is 3. The van der Waals surface area contributed by atoms with E-state index in [0.29, 0.717) is 27.9 Å². The summed E-state index contributed by atoms with van der Waals surface area (Å²) in [5.74, 6) is -0.368. The van der Waals surface area contributed by atoms with Crippen LogP contribution in [-0.4, -0.2) is 41.1 Å². The molecule has 0 spiro atoms. The number of amides is 3. The first kappa shape index (κ1) is 31.3. The number of hydrogen-bond acceptors (Lipinski definition) is 7. The van der Waals surface area contributed by atoms with E-state index in [-0.39, 0.29) is 19.1 Å². The second-order valence-electron chi connectivity index (χ2n) is 10.2. The van der Waals surface area contributed by atoms with E-state index in [1.165, 1.54) is 23.9 Å². The van der Waals surface area contributed by atoms with E-state index in [9.17, 15) is 18.8 Å². The molecule has 1 aliphatic heterocycles. The van der Waals surface area contributed by atoms with Crippen LogP contribution in [0.3, 0.4) is 0 Å². The molecule has 5 rings (SSSR count). The van der Waals surface area contributed by atoms with Gasteiger partial charge in [0.15, 0.2) is 5.17 Å². The molecule has 1 unspecified atom stereocenters. The molecular formula is C34H31FN4O5S. The third kappa shape index (κ3) is 8.27. The highest BCUT2D eigenvalue weighted by molar-refractivity contribution is 8.15. The van der Waals surface area contributed by atoms with Crippen molar-refractivity contribution >= 4 is 46.2 Å². The number of alkyl carbamates (subject to hydrolysis) is 1. The van der Waals surface area contributed by atoms with Crippen molar-refractivity contribution in [2.24, 2.45) is 4.99 Å². The largest absolute Gasteiger partial charge is 0.497 e. The lowest BCUT2D eigenvalue weighted by molar-refractivity contribution is -0.126. The first-order valence-electron chi connectivity index (χ1n) is 14.1. The Morgan fingerprint density at radius 2 is 1.69 bits per heavy atom. The second kappa shape index (κ2) is 14.5. The SMILES string of the molecule is COc1cccc(CN2C(=O)C(c3ccc(NC(=O)[C@H](C)NC(=O)OCc4ccccc4)cc3)S/C2=N\c2cccc(F)c2)c1. The average Bonchev–Trinajstić information content (AvgIpc) is 3.34. The topological polar surface area (TPSA) is 109 Å². The average molecular weight is 627 g/mol. The molecule has 4 aromatic rings. The number of hydrogen-bond donors (Lipinski definition) is 2. The summed E-state index contributed by atoms with van der Waals surface area (Å²) < 4.78 is 24.4. The minimum Gasteiger partial charge on any atom is -0.497 e. The van der Waals surface area contributed by atoms with E-state index in [1.54, 1.807) is 55.3 Å². The monoisotopic (exact) mass is 626 g/mol. The van der Waals surface area contributed by atoms with Crippen LogP contribution in [0.4, 0.5) is 20.6 Å². The van der Waals surface area contributed by atoms with Crippen LogP contribution in [0.25, 0.3) is 0 Å². The van der Waals surface area contributed by atoms with Crippen LogP contribution in [0.1, 0.15) is 28.9 Å². The lowest BCUT2D eigenvalue weighted by atomic mass is 10.1. The van der Waals surface area contributed by atoms with Crippen LogP contribution >= 0.6 is 11.8 Å². The molecule has 230 valence electrons. The van der Waals surface area contributed by atoms with Crippen molar-refractivity contribution in [2.75, 3.05) is 12.4 Å². The van der Waals surface area contributed by atoms with Crippen LogP contribution in [0, 0.1) is 5.82 Å². The first-order chi connectivity index (χ1) is 21.8. The highest BCUT2D eigenvalue weighted by atomic mass is 32.2. The maximum Gasteiger partial charge on any atom is 0.408 e. The number of halogens is 1. The molecule has 2 atom stereocenters.